The molecule has 0 radical (unpaired) electrons. The van der Waals surface area contributed by atoms with Crippen LogP contribution < -0.4 is 5.32 Å². The van der Waals surface area contributed by atoms with Gasteiger partial charge in [-0.1, -0.05) is 31.2 Å². The molecular formula is C14H16N2S. The second-order valence-corrected chi connectivity index (χ2v) is 5.81. The standard InChI is InChI=1S/C14H16N2S/c1-10-6-16-14(17-9-10)13-8-15-7-11-4-2-3-5-12(11)13/h2-5,7-8,10,14,16H,6,9H2,1H3. The lowest BCUT2D eigenvalue weighted by Crippen LogP contribution is -2.31. The fourth-order valence-electron chi connectivity index (χ4n) is 2.24. The van der Waals surface area contributed by atoms with Crippen LogP contribution in [0, 0.1) is 5.92 Å². The van der Waals surface area contributed by atoms with Gasteiger partial charge in [0.2, 0.25) is 0 Å². The molecule has 88 valence electrons. The molecule has 2 atom stereocenters. The molecule has 1 saturated heterocycles. The Labute approximate surface area is 106 Å². The zero-order valence-corrected chi connectivity index (χ0v) is 10.7. The molecule has 0 amide bonds. The fourth-order valence-corrected chi connectivity index (χ4v) is 3.46. The molecule has 2 aromatic rings. The van der Waals surface area contributed by atoms with E-state index in [1.807, 2.05) is 24.2 Å². The van der Waals surface area contributed by atoms with Crippen molar-refractivity contribution in [3.63, 3.8) is 0 Å². The maximum atomic E-state index is 4.35. The van der Waals surface area contributed by atoms with Crippen LogP contribution in [0.3, 0.4) is 0 Å². The van der Waals surface area contributed by atoms with E-state index in [2.05, 4.69) is 41.5 Å². The fraction of sp³-hybridized carbons (Fsp3) is 0.357. The van der Waals surface area contributed by atoms with Crippen molar-refractivity contribution in [3.8, 4) is 0 Å². The highest BCUT2D eigenvalue weighted by Crippen LogP contribution is 2.34. The third kappa shape index (κ3) is 2.17. The second kappa shape index (κ2) is 4.67. The first kappa shape index (κ1) is 11.1. The zero-order valence-electron chi connectivity index (χ0n) is 9.89. The van der Waals surface area contributed by atoms with E-state index in [9.17, 15) is 0 Å². The van der Waals surface area contributed by atoms with Crippen molar-refractivity contribution in [2.45, 2.75) is 12.3 Å². The molecule has 1 aliphatic heterocycles. The van der Waals surface area contributed by atoms with Crippen molar-refractivity contribution in [1.29, 1.82) is 0 Å². The Kier molecular flexibility index (Phi) is 3.04. The molecule has 2 heterocycles. The lowest BCUT2D eigenvalue weighted by Gasteiger charge is -2.28. The van der Waals surface area contributed by atoms with Gasteiger partial charge in [0.15, 0.2) is 0 Å². The molecule has 17 heavy (non-hydrogen) atoms. The highest BCUT2D eigenvalue weighted by Gasteiger charge is 2.21. The van der Waals surface area contributed by atoms with Gasteiger partial charge in [0, 0.05) is 23.3 Å². The SMILES string of the molecule is CC1CNC(c2cncc3ccccc23)SC1. The molecule has 1 N–H and O–H groups in total. The van der Waals surface area contributed by atoms with Crippen LogP contribution in [0.1, 0.15) is 17.9 Å². The first-order valence-corrected chi connectivity index (χ1v) is 7.07. The smallest absolute Gasteiger partial charge is 0.0810 e. The summed E-state index contributed by atoms with van der Waals surface area (Å²) in [4.78, 5) is 4.35. The van der Waals surface area contributed by atoms with Gasteiger partial charge in [0.1, 0.15) is 0 Å². The molecule has 0 bridgehead atoms. The summed E-state index contributed by atoms with van der Waals surface area (Å²) >= 11 is 1.99. The average Bonchev–Trinajstić information content (AvgIpc) is 2.39. The van der Waals surface area contributed by atoms with Crippen LogP contribution in [0.2, 0.25) is 0 Å². The minimum Gasteiger partial charge on any atom is -0.301 e. The zero-order chi connectivity index (χ0) is 11.7. The van der Waals surface area contributed by atoms with Crippen LogP contribution in [-0.2, 0) is 0 Å². The first-order chi connectivity index (χ1) is 8.34. The van der Waals surface area contributed by atoms with Crippen molar-refractivity contribution in [2.75, 3.05) is 12.3 Å². The van der Waals surface area contributed by atoms with Gasteiger partial charge >= 0.3 is 0 Å². The summed E-state index contributed by atoms with van der Waals surface area (Å²) in [7, 11) is 0. The maximum Gasteiger partial charge on any atom is 0.0810 e. The molecule has 1 fully saturated rings. The second-order valence-electron chi connectivity index (χ2n) is 4.68. The summed E-state index contributed by atoms with van der Waals surface area (Å²) < 4.78 is 0. The summed E-state index contributed by atoms with van der Waals surface area (Å²) in [5, 5.41) is 6.54. The predicted octanol–water partition coefficient (Wildman–Crippen LogP) is 3.21. The van der Waals surface area contributed by atoms with E-state index in [0.717, 1.165) is 12.5 Å². The molecule has 0 saturated carbocycles. The number of hydrogen-bond acceptors (Lipinski definition) is 3. The van der Waals surface area contributed by atoms with Gasteiger partial charge in [0.05, 0.1) is 5.37 Å². The number of aromatic nitrogens is 1. The largest absolute Gasteiger partial charge is 0.301 e. The molecule has 1 aliphatic rings. The van der Waals surface area contributed by atoms with Crippen LogP contribution >= 0.6 is 11.8 Å². The minimum atomic E-state index is 0.393. The van der Waals surface area contributed by atoms with Gasteiger partial charge in [-0.3, -0.25) is 4.98 Å². The number of fused-ring (bicyclic) bond motifs is 1. The van der Waals surface area contributed by atoms with Crippen LogP contribution in [0.4, 0.5) is 0 Å². The van der Waals surface area contributed by atoms with Crippen LogP contribution in [0.15, 0.2) is 36.7 Å². The molecule has 2 nitrogen and oxygen atoms in total. The first-order valence-electron chi connectivity index (χ1n) is 6.02. The van der Waals surface area contributed by atoms with Crippen molar-refractivity contribution in [3.05, 3.63) is 42.2 Å². The van der Waals surface area contributed by atoms with E-state index in [-0.39, 0.29) is 0 Å². The van der Waals surface area contributed by atoms with Crippen molar-refractivity contribution >= 4 is 22.5 Å². The van der Waals surface area contributed by atoms with E-state index in [4.69, 9.17) is 0 Å². The molecular weight excluding hydrogens is 228 g/mol. The lowest BCUT2D eigenvalue weighted by molar-refractivity contribution is 0.530. The molecule has 3 rings (SSSR count). The van der Waals surface area contributed by atoms with E-state index < -0.39 is 0 Å². The topological polar surface area (TPSA) is 24.9 Å². The predicted molar refractivity (Wildman–Crippen MR) is 74.1 cm³/mol. The van der Waals surface area contributed by atoms with Crippen molar-refractivity contribution < 1.29 is 0 Å². The summed E-state index contributed by atoms with van der Waals surface area (Å²) in [6.45, 7) is 3.39. The average molecular weight is 244 g/mol. The molecule has 3 heteroatoms. The quantitative estimate of drug-likeness (QED) is 0.834. The highest BCUT2D eigenvalue weighted by molar-refractivity contribution is 7.99. The Hall–Kier alpha value is -1.06. The molecule has 2 unspecified atom stereocenters. The van der Waals surface area contributed by atoms with Gasteiger partial charge in [-0.25, -0.2) is 0 Å². The third-order valence-electron chi connectivity index (χ3n) is 3.18. The Morgan fingerprint density at radius 2 is 2.18 bits per heavy atom. The highest BCUT2D eigenvalue weighted by atomic mass is 32.2. The lowest BCUT2D eigenvalue weighted by atomic mass is 10.1. The molecule has 1 aromatic carbocycles. The third-order valence-corrected chi connectivity index (χ3v) is 4.70. The van der Waals surface area contributed by atoms with Gasteiger partial charge in [0.25, 0.3) is 0 Å². The minimum absolute atomic E-state index is 0.393. The Morgan fingerprint density at radius 3 is 3.00 bits per heavy atom. The van der Waals surface area contributed by atoms with E-state index in [1.165, 1.54) is 22.1 Å². The maximum absolute atomic E-state index is 4.35. The summed E-state index contributed by atoms with van der Waals surface area (Å²) in [6, 6.07) is 8.48. The molecule has 1 aromatic heterocycles. The Morgan fingerprint density at radius 1 is 1.29 bits per heavy atom. The molecule has 0 spiro atoms. The van der Waals surface area contributed by atoms with Gasteiger partial charge in [-0.05, 0) is 23.6 Å². The van der Waals surface area contributed by atoms with Gasteiger partial charge in [-0.15, -0.1) is 11.8 Å². The van der Waals surface area contributed by atoms with E-state index in [0.29, 0.717) is 5.37 Å². The van der Waals surface area contributed by atoms with Crippen LogP contribution in [0.25, 0.3) is 10.8 Å². The normalized spacial score (nSPS) is 25.0. The van der Waals surface area contributed by atoms with Crippen molar-refractivity contribution in [1.82, 2.24) is 10.3 Å². The van der Waals surface area contributed by atoms with Crippen molar-refractivity contribution in [2.24, 2.45) is 5.92 Å². The van der Waals surface area contributed by atoms with E-state index in [1.54, 1.807) is 0 Å². The number of hydrogen-bond donors (Lipinski definition) is 1. The number of benzene rings is 1. The summed E-state index contributed by atoms with van der Waals surface area (Å²) in [6.07, 6.45) is 3.94. The number of rotatable bonds is 1. The van der Waals surface area contributed by atoms with Crippen LogP contribution in [-0.4, -0.2) is 17.3 Å². The van der Waals surface area contributed by atoms with E-state index >= 15 is 0 Å². The number of pyridine rings is 1. The number of nitrogens with one attached hydrogen (secondary N) is 1. The number of thioether (sulfide) groups is 1. The van der Waals surface area contributed by atoms with Gasteiger partial charge < -0.3 is 5.32 Å². The summed E-state index contributed by atoms with van der Waals surface area (Å²) in [5.41, 5.74) is 1.32. The van der Waals surface area contributed by atoms with Crippen LogP contribution in [0.5, 0.6) is 0 Å². The molecule has 0 aliphatic carbocycles. The number of nitrogens with zero attached hydrogens (tertiary/aromatic N) is 1. The summed E-state index contributed by atoms with van der Waals surface area (Å²) in [5.74, 6) is 1.99. The monoisotopic (exact) mass is 244 g/mol. The van der Waals surface area contributed by atoms with Gasteiger partial charge in [-0.2, -0.15) is 0 Å². The Balaban J connectivity index is 2.00. The Bertz CT molecular complexity index is 513.